The summed E-state index contributed by atoms with van der Waals surface area (Å²) in [7, 11) is 0. The predicted molar refractivity (Wildman–Crippen MR) is 75.8 cm³/mol. The molecule has 0 saturated carbocycles. The molecule has 1 aromatic rings. The fraction of sp³-hybridized carbons (Fsp3) is 0.429. The summed E-state index contributed by atoms with van der Waals surface area (Å²) in [4.78, 5) is 33.7. The highest BCUT2D eigenvalue weighted by Gasteiger charge is 2.21. The van der Waals surface area contributed by atoms with Crippen LogP contribution in [0.1, 0.15) is 26.3 Å². The monoisotopic (exact) mass is 294 g/mol. The average Bonchev–Trinajstić information content (AvgIpc) is 2.37. The highest BCUT2D eigenvalue weighted by atomic mass is 16.6. The van der Waals surface area contributed by atoms with Crippen LogP contribution in [0.3, 0.4) is 0 Å². The number of nitro groups is 1. The van der Waals surface area contributed by atoms with Gasteiger partial charge in [-0.05, 0) is 32.8 Å². The fourth-order valence-electron chi connectivity index (χ4n) is 1.54. The zero-order valence-electron chi connectivity index (χ0n) is 12.2. The number of amides is 2. The van der Waals surface area contributed by atoms with Crippen molar-refractivity contribution in [3.05, 3.63) is 39.9 Å². The summed E-state index contributed by atoms with van der Waals surface area (Å²) in [6.07, 6.45) is 0.106. The van der Waals surface area contributed by atoms with Crippen LogP contribution in [0.2, 0.25) is 0 Å². The van der Waals surface area contributed by atoms with E-state index in [-0.39, 0.29) is 12.2 Å². The van der Waals surface area contributed by atoms with Crippen LogP contribution in [-0.2, 0) is 16.0 Å². The van der Waals surface area contributed by atoms with Gasteiger partial charge in [-0.3, -0.25) is 14.9 Å². The van der Waals surface area contributed by atoms with E-state index in [0.29, 0.717) is 12.8 Å². The minimum Gasteiger partial charge on any atom is -0.443 e. The quantitative estimate of drug-likeness (QED) is 0.473. The van der Waals surface area contributed by atoms with Crippen molar-refractivity contribution in [3.63, 3.8) is 0 Å². The number of rotatable bonds is 5. The molecule has 0 aliphatic heterocycles. The van der Waals surface area contributed by atoms with Crippen LogP contribution in [0.25, 0.3) is 0 Å². The van der Waals surface area contributed by atoms with Crippen molar-refractivity contribution in [2.24, 2.45) is 0 Å². The Kier molecular flexibility index (Phi) is 5.40. The smallest absolute Gasteiger partial charge is 0.416 e. The molecule has 114 valence electrons. The van der Waals surface area contributed by atoms with Crippen molar-refractivity contribution in [2.75, 3.05) is 6.54 Å². The molecule has 7 heteroatoms. The number of carbonyl (C=O) groups excluding carboxylic acids is 2. The standard InChI is InChI=1S/C14H18N2O5/c1-14(2,3)21-13(18)15(10-17)9-8-11-4-6-12(7-5-11)16(19)20/h4-7,10H,8-9H2,1-3H3. The second-order valence-corrected chi connectivity index (χ2v) is 5.45. The maximum Gasteiger partial charge on any atom is 0.416 e. The number of non-ortho nitro benzene ring substituents is 1. The molecular weight excluding hydrogens is 276 g/mol. The molecule has 7 nitrogen and oxygen atoms in total. The summed E-state index contributed by atoms with van der Waals surface area (Å²) in [6.45, 7) is 5.29. The van der Waals surface area contributed by atoms with Crippen molar-refractivity contribution in [1.82, 2.24) is 4.90 Å². The molecule has 0 radical (unpaired) electrons. The molecule has 0 N–H and O–H groups in total. The van der Waals surface area contributed by atoms with Gasteiger partial charge in [0.2, 0.25) is 6.41 Å². The lowest BCUT2D eigenvalue weighted by molar-refractivity contribution is -0.384. The topological polar surface area (TPSA) is 89.8 Å². The van der Waals surface area contributed by atoms with Crippen LogP contribution >= 0.6 is 0 Å². The second kappa shape index (κ2) is 6.83. The summed E-state index contributed by atoms with van der Waals surface area (Å²) in [6, 6.07) is 5.95. The summed E-state index contributed by atoms with van der Waals surface area (Å²) in [5.41, 5.74) is 0.111. The number of nitrogens with zero attached hydrogens (tertiary/aromatic N) is 2. The molecule has 0 bridgehead atoms. The average molecular weight is 294 g/mol. The minimum absolute atomic E-state index is 0.00173. The van der Waals surface area contributed by atoms with E-state index in [4.69, 9.17) is 4.74 Å². The Balaban J connectivity index is 2.61. The van der Waals surface area contributed by atoms with Gasteiger partial charge >= 0.3 is 6.09 Å². The first-order valence-electron chi connectivity index (χ1n) is 6.41. The normalized spacial score (nSPS) is 10.8. The molecule has 1 rings (SSSR count). The number of ether oxygens (including phenoxy) is 1. The molecule has 0 aromatic heterocycles. The van der Waals surface area contributed by atoms with Crippen LogP contribution in [-0.4, -0.2) is 34.5 Å². The zero-order valence-corrected chi connectivity index (χ0v) is 12.2. The van der Waals surface area contributed by atoms with Gasteiger partial charge in [0.1, 0.15) is 5.60 Å². The van der Waals surface area contributed by atoms with Crippen molar-refractivity contribution in [2.45, 2.75) is 32.8 Å². The fourth-order valence-corrected chi connectivity index (χ4v) is 1.54. The van der Waals surface area contributed by atoms with Crippen molar-refractivity contribution in [1.29, 1.82) is 0 Å². The van der Waals surface area contributed by atoms with Crippen molar-refractivity contribution in [3.8, 4) is 0 Å². The van der Waals surface area contributed by atoms with Crippen LogP contribution in [0, 0.1) is 10.1 Å². The molecule has 0 unspecified atom stereocenters. The Labute approximate surface area is 122 Å². The van der Waals surface area contributed by atoms with Gasteiger partial charge in [0, 0.05) is 18.7 Å². The molecule has 0 saturated heterocycles. The van der Waals surface area contributed by atoms with E-state index in [2.05, 4.69) is 0 Å². The van der Waals surface area contributed by atoms with E-state index in [1.807, 2.05) is 0 Å². The van der Waals surface area contributed by atoms with Crippen LogP contribution in [0.5, 0.6) is 0 Å². The van der Waals surface area contributed by atoms with Crippen LogP contribution in [0.4, 0.5) is 10.5 Å². The van der Waals surface area contributed by atoms with Crippen molar-refractivity contribution >= 4 is 18.2 Å². The number of nitro benzene ring substituents is 1. The largest absolute Gasteiger partial charge is 0.443 e. The van der Waals surface area contributed by atoms with Gasteiger partial charge in [-0.25, -0.2) is 9.69 Å². The van der Waals surface area contributed by atoms with E-state index in [9.17, 15) is 19.7 Å². The Morgan fingerprint density at radius 2 is 1.90 bits per heavy atom. The number of imide groups is 1. The van der Waals surface area contributed by atoms with E-state index in [1.54, 1.807) is 32.9 Å². The molecule has 0 heterocycles. The number of carbonyl (C=O) groups is 2. The summed E-state index contributed by atoms with van der Waals surface area (Å²) in [5, 5.41) is 10.5. The molecule has 0 aliphatic rings. The lowest BCUT2D eigenvalue weighted by Crippen LogP contribution is -2.37. The maximum atomic E-state index is 11.7. The zero-order chi connectivity index (χ0) is 16.0. The summed E-state index contributed by atoms with van der Waals surface area (Å²) < 4.78 is 5.10. The first-order valence-corrected chi connectivity index (χ1v) is 6.41. The lowest BCUT2D eigenvalue weighted by atomic mass is 10.1. The first kappa shape index (κ1) is 16.6. The summed E-state index contributed by atoms with van der Waals surface area (Å²) >= 11 is 0. The number of benzene rings is 1. The Bertz CT molecular complexity index is 519. The third-order valence-electron chi connectivity index (χ3n) is 2.54. The molecule has 0 spiro atoms. The van der Waals surface area contributed by atoms with Gasteiger partial charge in [-0.2, -0.15) is 0 Å². The highest BCUT2D eigenvalue weighted by molar-refractivity contribution is 5.80. The summed E-state index contributed by atoms with van der Waals surface area (Å²) in [5.74, 6) is 0. The lowest BCUT2D eigenvalue weighted by Gasteiger charge is -2.23. The number of hydrogen-bond donors (Lipinski definition) is 0. The predicted octanol–water partition coefficient (Wildman–Crippen LogP) is 2.53. The molecule has 2 amide bonds. The van der Waals surface area contributed by atoms with Gasteiger partial charge in [0.25, 0.3) is 5.69 Å². The second-order valence-electron chi connectivity index (χ2n) is 5.45. The third-order valence-corrected chi connectivity index (χ3v) is 2.54. The maximum absolute atomic E-state index is 11.7. The molecule has 1 aromatic carbocycles. The van der Waals surface area contributed by atoms with E-state index in [0.717, 1.165) is 10.5 Å². The van der Waals surface area contributed by atoms with Crippen LogP contribution in [0.15, 0.2) is 24.3 Å². The van der Waals surface area contributed by atoms with Gasteiger partial charge < -0.3 is 4.74 Å². The van der Waals surface area contributed by atoms with E-state index >= 15 is 0 Å². The highest BCUT2D eigenvalue weighted by Crippen LogP contribution is 2.13. The van der Waals surface area contributed by atoms with Crippen LogP contribution < -0.4 is 0 Å². The van der Waals surface area contributed by atoms with Gasteiger partial charge in [-0.1, -0.05) is 12.1 Å². The minimum atomic E-state index is -0.709. The van der Waals surface area contributed by atoms with Gasteiger partial charge in [-0.15, -0.1) is 0 Å². The Hall–Kier alpha value is -2.44. The first-order chi connectivity index (χ1) is 9.73. The molecule has 21 heavy (non-hydrogen) atoms. The molecule has 0 fully saturated rings. The molecular formula is C14H18N2O5. The molecule has 0 atom stereocenters. The van der Waals surface area contributed by atoms with Gasteiger partial charge in [0.15, 0.2) is 0 Å². The van der Waals surface area contributed by atoms with Crippen molar-refractivity contribution < 1.29 is 19.2 Å². The number of hydrogen-bond acceptors (Lipinski definition) is 5. The Morgan fingerprint density at radius 1 is 1.33 bits per heavy atom. The van der Waals surface area contributed by atoms with E-state index in [1.165, 1.54) is 12.1 Å². The SMILES string of the molecule is CC(C)(C)OC(=O)N(C=O)CCc1ccc([N+](=O)[O-])cc1. The third kappa shape index (κ3) is 5.60. The molecule has 0 aliphatic carbocycles. The van der Waals surface area contributed by atoms with Gasteiger partial charge in [0.05, 0.1) is 4.92 Å². The van der Waals surface area contributed by atoms with E-state index < -0.39 is 16.6 Å². The Morgan fingerprint density at radius 3 is 2.33 bits per heavy atom.